The van der Waals surface area contributed by atoms with Crippen LogP contribution >= 0.6 is 11.6 Å². The van der Waals surface area contributed by atoms with Crippen molar-refractivity contribution >= 4 is 23.7 Å². The SMILES string of the molecule is O.O=C(N/N=C/c1ccccc1Cl)c1ccc(O)c(O)c1. The second kappa shape index (κ2) is 7.28. The number of benzene rings is 2. The highest BCUT2D eigenvalue weighted by Gasteiger charge is 2.07. The van der Waals surface area contributed by atoms with Crippen LogP contribution in [-0.4, -0.2) is 27.8 Å². The van der Waals surface area contributed by atoms with Gasteiger partial charge in [-0.05, 0) is 24.3 Å². The Morgan fingerprint density at radius 1 is 1.14 bits per heavy atom. The molecule has 0 aliphatic carbocycles. The summed E-state index contributed by atoms with van der Waals surface area (Å²) in [5, 5.41) is 22.8. The molecule has 110 valence electrons. The maximum Gasteiger partial charge on any atom is 0.271 e. The predicted molar refractivity (Wildman–Crippen MR) is 79.9 cm³/mol. The van der Waals surface area contributed by atoms with Crippen LogP contribution in [0, 0.1) is 0 Å². The Bertz CT molecular complexity index is 674. The van der Waals surface area contributed by atoms with E-state index in [-0.39, 0.29) is 22.5 Å². The zero-order valence-electron chi connectivity index (χ0n) is 10.7. The molecular formula is C14H13ClN2O4. The van der Waals surface area contributed by atoms with Crippen LogP contribution in [0.3, 0.4) is 0 Å². The van der Waals surface area contributed by atoms with E-state index in [2.05, 4.69) is 10.5 Å². The Balaban J connectivity index is 0.00000220. The quantitative estimate of drug-likeness (QED) is 0.455. The number of phenolic OH excluding ortho intramolecular Hbond substituents is 2. The van der Waals surface area contributed by atoms with Crippen molar-refractivity contribution in [2.75, 3.05) is 0 Å². The first-order chi connectivity index (χ1) is 9.58. The minimum absolute atomic E-state index is 0. The Hall–Kier alpha value is -2.57. The number of aromatic hydroxyl groups is 2. The van der Waals surface area contributed by atoms with E-state index in [4.69, 9.17) is 16.7 Å². The lowest BCUT2D eigenvalue weighted by molar-refractivity contribution is 0.0954. The molecule has 2 rings (SSSR count). The van der Waals surface area contributed by atoms with Gasteiger partial charge >= 0.3 is 0 Å². The average Bonchev–Trinajstić information content (AvgIpc) is 2.44. The largest absolute Gasteiger partial charge is 0.504 e. The number of carbonyl (C=O) groups is 1. The van der Waals surface area contributed by atoms with E-state index in [0.29, 0.717) is 10.6 Å². The molecule has 0 unspecified atom stereocenters. The van der Waals surface area contributed by atoms with E-state index in [0.717, 1.165) is 6.07 Å². The first-order valence-electron chi connectivity index (χ1n) is 5.68. The number of hydrogen-bond acceptors (Lipinski definition) is 4. The van der Waals surface area contributed by atoms with Crippen LogP contribution < -0.4 is 5.43 Å². The Morgan fingerprint density at radius 3 is 2.52 bits per heavy atom. The lowest BCUT2D eigenvalue weighted by Gasteiger charge is -2.02. The van der Waals surface area contributed by atoms with E-state index < -0.39 is 5.91 Å². The number of phenols is 2. The van der Waals surface area contributed by atoms with Gasteiger partial charge in [-0.1, -0.05) is 29.8 Å². The van der Waals surface area contributed by atoms with E-state index in [1.807, 2.05) is 0 Å². The van der Waals surface area contributed by atoms with Gasteiger partial charge in [0.15, 0.2) is 11.5 Å². The van der Waals surface area contributed by atoms with Crippen LogP contribution in [0.2, 0.25) is 5.02 Å². The normalized spacial score (nSPS) is 10.1. The number of amides is 1. The summed E-state index contributed by atoms with van der Waals surface area (Å²) in [7, 11) is 0. The van der Waals surface area contributed by atoms with Gasteiger partial charge in [-0.2, -0.15) is 5.10 Å². The van der Waals surface area contributed by atoms with Crippen molar-refractivity contribution in [1.29, 1.82) is 0 Å². The first-order valence-corrected chi connectivity index (χ1v) is 6.05. The lowest BCUT2D eigenvalue weighted by Crippen LogP contribution is -2.17. The van der Waals surface area contributed by atoms with Crippen LogP contribution in [-0.2, 0) is 0 Å². The number of carbonyl (C=O) groups excluding carboxylic acids is 1. The molecule has 0 spiro atoms. The maximum atomic E-state index is 11.7. The molecule has 0 saturated carbocycles. The first kappa shape index (κ1) is 16.5. The van der Waals surface area contributed by atoms with Gasteiger partial charge < -0.3 is 15.7 Å². The Kier molecular flexibility index (Phi) is 5.71. The molecule has 0 bridgehead atoms. The number of rotatable bonds is 3. The van der Waals surface area contributed by atoms with Gasteiger partial charge in [0.05, 0.1) is 6.21 Å². The summed E-state index contributed by atoms with van der Waals surface area (Å²) in [4.78, 5) is 11.7. The van der Waals surface area contributed by atoms with E-state index in [1.165, 1.54) is 18.3 Å². The highest BCUT2D eigenvalue weighted by atomic mass is 35.5. The molecule has 0 aliphatic rings. The average molecular weight is 309 g/mol. The molecule has 0 heterocycles. The van der Waals surface area contributed by atoms with Gasteiger partial charge in [-0.3, -0.25) is 4.79 Å². The molecule has 7 heteroatoms. The van der Waals surface area contributed by atoms with E-state index >= 15 is 0 Å². The van der Waals surface area contributed by atoms with E-state index in [1.54, 1.807) is 24.3 Å². The maximum absolute atomic E-state index is 11.7. The van der Waals surface area contributed by atoms with Gasteiger partial charge in [-0.25, -0.2) is 5.43 Å². The van der Waals surface area contributed by atoms with Crippen molar-refractivity contribution in [1.82, 2.24) is 5.43 Å². The summed E-state index contributed by atoms with van der Waals surface area (Å²) >= 11 is 5.93. The molecule has 0 atom stereocenters. The topological polar surface area (TPSA) is 113 Å². The number of nitrogens with zero attached hydrogens (tertiary/aromatic N) is 1. The van der Waals surface area contributed by atoms with Crippen molar-refractivity contribution < 1.29 is 20.5 Å². The number of halogens is 1. The summed E-state index contributed by atoms with van der Waals surface area (Å²) in [6, 6.07) is 10.8. The zero-order valence-corrected chi connectivity index (χ0v) is 11.5. The lowest BCUT2D eigenvalue weighted by atomic mass is 10.2. The van der Waals surface area contributed by atoms with Crippen molar-refractivity contribution in [2.45, 2.75) is 0 Å². The van der Waals surface area contributed by atoms with Crippen molar-refractivity contribution in [3.05, 3.63) is 58.6 Å². The second-order valence-corrected chi connectivity index (χ2v) is 4.33. The van der Waals surface area contributed by atoms with Crippen molar-refractivity contribution in [3.8, 4) is 11.5 Å². The number of hydrazone groups is 1. The fourth-order valence-corrected chi connectivity index (χ4v) is 1.65. The van der Waals surface area contributed by atoms with Gasteiger partial charge in [0.25, 0.3) is 5.91 Å². The molecule has 2 aromatic carbocycles. The third-order valence-electron chi connectivity index (χ3n) is 2.51. The number of hydrogen-bond donors (Lipinski definition) is 3. The molecule has 5 N–H and O–H groups in total. The highest BCUT2D eigenvalue weighted by molar-refractivity contribution is 6.33. The molecule has 2 aromatic rings. The van der Waals surface area contributed by atoms with E-state index in [9.17, 15) is 9.90 Å². The van der Waals surface area contributed by atoms with Crippen LogP contribution in [0.5, 0.6) is 11.5 Å². The Morgan fingerprint density at radius 2 is 1.86 bits per heavy atom. The summed E-state index contributed by atoms with van der Waals surface area (Å²) in [6.45, 7) is 0. The Labute approximate surface area is 125 Å². The number of nitrogens with one attached hydrogen (secondary N) is 1. The van der Waals surface area contributed by atoms with Gasteiger partial charge in [0.2, 0.25) is 0 Å². The predicted octanol–water partition coefficient (Wildman–Crippen LogP) is 1.69. The van der Waals surface area contributed by atoms with Crippen LogP contribution in [0.1, 0.15) is 15.9 Å². The molecule has 0 aromatic heterocycles. The summed E-state index contributed by atoms with van der Waals surface area (Å²) in [5.41, 5.74) is 3.15. The second-order valence-electron chi connectivity index (χ2n) is 3.92. The summed E-state index contributed by atoms with van der Waals surface area (Å²) < 4.78 is 0. The molecule has 0 aliphatic heterocycles. The molecule has 1 amide bonds. The third kappa shape index (κ3) is 4.20. The summed E-state index contributed by atoms with van der Waals surface area (Å²) in [6.07, 6.45) is 1.42. The smallest absolute Gasteiger partial charge is 0.271 e. The minimum atomic E-state index is -0.511. The van der Waals surface area contributed by atoms with Crippen LogP contribution in [0.4, 0.5) is 0 Å². The van der Waals surface area contributed by atoms with Crippen LogP contribution in [0.25, 0.3) is 0 Å². The molecule has 0 fully saturated rings. The van der Waals surface area contributed by atoms with Gasteiger partial charge in [-0.15, -0.1) is 0 Å². The fraction of sp³-hybridized carbons (Fsp3) is 0. The third-order valence-corrected chi connectivity index (χ3v) is 2.86. The van der Waals surface area contributed by atoms with Crippen LogP contribution in [0.15, 0.2) is 47.6 Å². The fourth-order valence-electron chi connectivity index (χ4n) is 1.47. The van der Waals surface area contributed by atoms with Gasteiger partial charge in [0, 0.05) is 16.1 Å². The van der Waals surface area contributed by atoms with Crippen molar-refractivity contribution in [3.63, 3.8) is 0 Å². The standard InChI is InChI=1S/C14H11ClN2O3.H2O/c15-11-4-2-1-3-10(11)8-16-17-14(20)9-5-6-12(18)13(19)7-9;/h1-8,18-19H,(H,17,20);1H2/b16-8+;. The minimum Gasteiger partial charge on any atom is -0.504 e. The zero-order chi connectivity index (χ0) is 14.5. The molecule has 0 saturated heterocycles. The molecule has 6 nitrogen and oxygen atoms in total. The highest BCUT2D eigenvalue weighted by Crippen LogP contribution is 2.24. The molecule has 21 heavy (non-hydrogen) atoms. The molecular weight excluding hydrogens is 296 g/mol. The summed E-state index contributed by atoms with van der Waals surface area (Å²) in [5.74, 6) is -1.17. The van der Waals surface area contributed by atoms with Gasteiger partial charge in [0.1, 0.15) is 0 Å². The monoisotopic (exact) mass is 308 g/mol. The molecule has 0 radical (unpaired) electrons. The van der Waals surface area contributed by atoms with Crippen molar-refractivity contribution in [2.24, 2.45) is 5.10 Å².